The molecular formula is C51H58N6O6. The van der Waals surface area contributed by atoms with Crippen molar-refractivity contribution >= 4 is 35.4 Å². The number of amides is 6. The average molecular weight is 851 g/mol. The summed E-state index contributed by atoms with van der Waals surface area (Å²) in [6.45, 7) is 1.38. The molecule has 12 heteroatoms. The van der Waals surface area contributed by atoms with Crippen LogP contribution in [0.5, 0.6) is 0 Å². The molecular weight excluding hydrogens is 793 g/mol. The van der Waals surface area contributed by atoms with Gasteiger partial charge >= 0.3 is 0 Å². The lowest BCUT2D eigenvalue weighted by Gasteiger charge is -2.38. The van der Waals surface area contributed by atoms with Gasteiger partial charge in [-0.1, -0.05) is 152 Å². The molecule has 6 amide bonds. The van der Waals surface area contributed by atoms with Gasteiger partial charge in [-0.3, -0.25) is 28.8 Å². The molecule has 0 spiro atoms. The quantitative estimate of drug-likeness (QED) is 0.118. The van der Waals surface area contributed by atoms with Gasteiger partial charge in [-0.15, -0.1) is 0 Å². The Kier molecular flexibility index (Phi) is 16.9. The molecule has 0 heterocycles. The van der Waals surface area contributed by atoms with E-state index in [0.29, 0.717) is 0 Å². The number of carbonyl (C=O) groups is 6. The van der Waals surface area contributed by atoms with E-state index in [1.807, 2.05) is 152 Å². The molecule has 0 unspecified atom stereocenters. The standard InChI is InChI=1S/C51H58N6O6/c1-36(58)54(2)44(33-39-25-15-8-16-26-39)48(60)53-42(31-37-21-11-6-12-22-37)49(61)56(4)45(34-40-27-17-9-18-28-40)51(63)57(5)46(35-41-29-19-10-20-30-41)50(62)55(3)43(47(52)59)32-38-23-13-7-14-24-38/h6-30,42-46H,31-35H2,1-5H3,(H2,52,59)(H,53,60)/t42-,43-,44-,45-,46-/m0/s1. The second-order valence-corrected chi connectivity index (χ2v) is 16.0. The fourth-order valence-corrected chi connectivity index (χ4v) is 7.68. The van der Waals surface area contributed by atoms with Gasteiger partial charge in [-0.2, -0.15) is 0 Å². The number of benzene rings is 5. The summed E-state index contributed by atoms with van der Waals surface area (Å²) in [4.78, 5) is 90.2. The maximum Gasteiger partial charge on any atom is 0.246 e. The smallest absolute Gasteiger partial charge is 0.246 e. The van der Waals surface area contributed by atoms with Crippen molar-refractivity contribution in [2.45, 2.75) is 69.2 Å². The van der Waals surface area contributed by atoms with Crippen LogP contribution in [0.15, 0.2) is 152 Å². The molecule has 0 aliphatic rings. The van der Waals surface area contributed by atoms with Gasteiger partial charge in [0.2, 0.25) is 35.4 Å². The SMILES string of the molecule is CC(=O)N(C)[C@@H](Cc1ccccc1)C(=O)N[C@@H](Cc1ccccc1)C(=O)N(C)[C@@H](Cc1ccccc1)C(=O)N(C)[C@@H](Cc1ccccc1)C(=O)N(C)[C@@H](Cc1ccccc1)C(N)=O. The van der Waals surface area contributed by atoms with E-state index in [1.54, 1.807) is 7.05 Å². The van der Waals surface area contributed by atoms with Crippen LogP contribution in [0.3, 0.4) is 0 Å². The molecule has 12 nitrogen and oxygen atoms in total. The van der Waals surface area contributed by atoms with E-state index in [4.69, 9.17) is 5.73 Å². The molecule has 0 aromatic heterocycles. The number of likely N-dealkylation sites (N-methyl/N-ethyl adjacent to an activating group) is 4. The molecule has 5 aromatic carbocycles. The first-order chi connectivity index (χ1) is 30.2. The Morgan fingerprint density at radius 1 is 0.413 bits per heavy atom. The number of hydrogen-bond donors (Lipinski definition) is 2. The molecule has 0 bridgehead atoms. The van der Waals surface area contributed by atoms with Crippen LogP contribution in [-0.4, -0.2) is 113 Å². The third-order valence-corrected chi connectivity index (χ3v) is 11.6. The molecule has 328 valence electrons. The lowest BCUT2D eigenvalue weighted by Crippen LogP contribution is -2.61. The summed E-state index contributed by atoms with van der Waals surface area (Å²) in [6.07, 6.45) is 0.665. The number of hydrogen-bond acceptors (Lipinski definition) is 6. The van der Waals surface area contributed by atoms with Gasteiger partial charge in [-0.25, -0.2) is 0 Å². The van der Waals surface area contributed by atoms with Gasteiger partial charge in [0.1, 0.15) is 30.2 Å². The maximum atomic E-state index is 15.2. The Morgan fingerprint density at radius 2 is 0.698 bits per heavy atom. The zero-order valence-electron chi connectivity index (χ0n) is 36.7. The summed E-state index contributed by atoms with van der Waals surface area (Å²) in [5, 5.41) is 2.97. The van der Waals surface area contributed by atoms with Gasteiger partial charge in [0.15, 0.2) is 0 Å². The van der Waals surface area contributed by atoms with Gasteiger partial charge in [-0.05, 0) is 27.8 Å². The van der Waals surface area contributed by atoms with Crippen molar-refractivity contribution in [2.24, 2.45) is 5.73 Å². The second kappa shape index (κ2) is 22.7. The third kappa shape index (κ3) is 13.0. The molecule has 0 aliphatic heterocycles. The van der Waals surface area contributed by atoms with Gasteiger partial charge < -0.3 is 30.7 Å². The van der Waals surface area contributed by atoms with E-state index >= 15 is 9.59 Å². The number of nitrogens with one attached hydrogen (secondary N) is 1. The van der Waals surface area contributed by atoms with Gasteiger partial charge in [0.25, 0.3) is 0 Å². The Labute approximate surface area is 370 Å². The van der Waals surface area contributed by atoms with Crippen molar-refractivity contribution in [3.8, 4) is 0 Å². The van der Waals surface area contributed by atoms with Crippen LogP contribution in [0.4, 0.5) is 0 Å². The molecule has 3 N–H and O–H groups in total. The average Bonchev–Trinajstić information content (AvgIpc) is 3.30. The number of nitrogens with zero attached hydrogens (tertiary/aromatic N) is 4. The number of carbonyl (C=O) groups excluding carboxylic acids is 6. The molecule has 0 saturated heterocycles. The van der Waals surface area contributed by atoms with Crippen molar-refractivity contribution in [2.75, 3.05) is 28.2 Å². The normalized spacial score (nSPS) is 13.3. The number of nitrogens with two attached hydrogens (primary N) is 1. The Morgan fingerprint density at radius 3 is 1.03 bits per heavy atom. The zero-order valence-corrected chi connectivity index (χ0v) is 36.7. The van der Waals surface area contributed by atoms with Crippen molar-refractivity contribution < 1.29 is 28.8 Å². The summed E-state index contributed by atoms with van der Waals surface area (Å²) in [5.74, 6) is -3.12. The summed E-state index contributed by atoms with van der Waals surface area (Å²) < 4.78 is 0. The molecule has 5 atom stereocenters. The van der Waals surface area contributed by atoms with Gasteiger partial charge in [0, 0.05) is 67.2 Å². The molecule has 0 radical (unpaired) electrons. The monoisotopic (exact) mass is 850 g/mol. The highest BCUT2D eigenvalue weighted by atomic mass is 16.2. The maximum absolute atomic E-state index is 15.2. The summed E-state index contributed by atoms with van der Waals surface area (Å²) >= 11 is 0. The minimum atomic E-state index is -1.15. The van der Waals surface area contributed by atoms with E-state index in [-0.39, 0.29) is 38.0 Å². The van der Waals surface area contributed by atoms with Crippen molar-refractivity contribution in [3.05, 3.63) is 179 Å². The van der Waals surface area contributed by atoms with E-state index in [0.717, 1.165) is 27.8 Å². The predicted octanol–water partition coefficient (Wildman–Crippen LogP) is 4.50. The zero-order chi connectivity index (χ0) is 45.5. The van der Waals surface area contributed by atoms with Crippen LogP contribution in [0, 0.1) is 0 Å². The fraction of sp³-hybridized carbons (Fsp3) is 0.294. The van der Waals surface area contributed by atoms with Crippen LogP contribution < -0.4 is 11.1 Å². The molecule has 0 saturated carbocycles. The third-order valence-electron chi connectivity index (χ3n) is 11.6. The summed E-state index contributed by atoms with van der Waals surface area (Å²) in [6, 6.07) is 40.9. The first kappa shape index (κ1) is 47.0. The van der Waals surface area contributed by atoms with E-state index in [2.05, 4.69) is 5.32 Å². The molecule has 0 fully saturated rings. The predicted molar refractivity (Wildman–Crippen MR) is 244 cm³/mol. The topological polar surface area (TPSA) is 153 Å². The van der Waals surface area contributed by atoms with Gasteiger partial charge in [0.05, 0.1) is 0 Å². The second-order valence-electron chi connectivity index (χ2n) is 16.0. The molecule has 5 aromatic rings. The van der Waals surface area contributed by atoms with E-state index in [1.165, 1.54) is 47.7 Å². The molecule has 5 rings (SSSR count). The summed E-state index contributed by atoms with van der Waals surface area (Å²) in [5.41, 5.74) is 9.86. The number of primary amides is 1. The summed E-state index contributed by atoms with van der Waals surface area (Å²) in [7, 11) is 6.12. The van der Waals surface area contributed by atoms with Crippen LogP contribution in [-0.2, 0) is 60.9 Å². The van der Waals surface area contributed by atoms with Crippen molar-refractivity contribution in [3.63, 3.8) is 0 Å². The van der Waals surface area contributed by atoms with Crippen molar-refractivity contribution in [1.82, 2.24) is 24.9 Å². The Hall–Kier alpha value is -7.08. The minimum Gasteiger partial charge on any atom is -0.368 e. The minimum absolute atomic E-state index is 0.0853. The highest BCUT2D eigenvalue weighted by molar-refractivity contribution is 5.96. The Balaban J connectivity index is 1.51. The first-order valence-electron chi connectivity index (χ1n) is 21.1. The van der Waals surface area contributed by atoms with Crippen LogP contribution >= 0.6 is 0 Å². The largest absolute Gasteiger partial charge is 0.368 e. The lowest BCUT2D eigenvalue weighted by molar-refractivity contribution is -0.152. The lowest BCUT2D eigenvalue weighted by atomic mass is 9.97. The van der Waals surface area contributed by atoms with Crippen LogP contribution in [0.1, 0.15) is 34.7 Å². The molecule has 63 heavy (non-hydrogen) atoms. The highest BCUT2D eigenvalue weighted by Gasteiger charge is 2.40. The van der Waals surface area contributed by atoms with Crippen molar-refractivity contribution in [1.29, 1.82) is 0 Å². The fourth-order valence-electron chi connectivity index (χ4n) is 7.68. The number of rotatable bonds is 20. The van der Waals surface area contributed by atoms with Crippen LogP contribution in [0.25, 0.3) is 0 Å². The highest BCUT2D eigenvalue weighted by Crippen LogP contribution is 2.20. The van der Waals surface area contributed by atoms with Crippen LogP contribution in [0.2, 0.25) is 0 Å². The van der Waals surface area contributed by atoms with E-state index in [9.17, 15) is 19.2 Å². The first-order valence-corrected chi connectivity index (χ1v) is 21.1. The Bertz CT molecular complexity index is 2280. The molecule has 0 aliphatic carbocycles. The van der Waals surface area contributed by atoms with E-state index < -0.39 is 59.7 Å².